The van der Waals surface area contributed by atoms with Crippen LogP contribution in [0.15, 0.2) is 30.3 Å². The topological polar surface area (TPSA) is 78.4 Å². The molecule has 0 aliphatic carbocycles. The summed E-state index contributed by atoms with van der Waals surface area (Å²) in [6.45, 7) is 3.92. The Kier molecular flexibility index (Phi) is 5.85. The molecule has 5 nitrogen and oxygen atoms in total. The van der Waals surface area contributed by atoms with Gasteiger partial charge in [0.1, 0.15) is 0 Å². The fraction of sp³-hybridized carbons (Fsp3) is 0.429. The minimum absolute atomic E-state index is 0.0234. The first-order valence-corrected chi connectivity index (χ1v) is 6.39. The van der Waals surface area contributed by atoms with E-state index in [-0.39, 0.29) is 6.04 Å². The van der Waals surface area contributed by atoms with Crippen molar-refractivity contribution in [3.63, 3.8) is 0 Å². The highest BCUT2D eigenvalue weighted by atomic mass is 16.4. The van der Waals surface area contributed by atoms with E-state index in [0.29, 0.717) is 5.56 Å². The van der Waals surface area contributed by atoms with E-state index >= 15 is 0 Å². The molecule has 2 atom stereocenters. The standard InChI is InChI=1S/C14H20N2O3/c1-3-7-10(2)15-14(19)16-12(13(17)18)11-8-5-4-6-9-11/h4-6,8-10,12H,3,7H2,1-2H3,(H,17,18)(H2,15,16,19). The highest BCUT2D eigenvalue weighted by molar-refractivity contribution is 5.83. The monoisotopic (exact) mass is 264 g/mol. The summed E-state index contributed by atoms with van der Waals surface area (Å²) in [7, 11) is 0. The largest absolute Gasteiger partial charge is 0.479 e. The van der Waals surface area contributed by atoms with Gasteiger partial charge in [-0.1, -0.05) is 43.7 Å². The number of carboxylic acids is 1. The summed E-state index contributed by atoms with van der Waals surface area (Å²) in [4.78, 5) is 22.9. The van der Waals surface area contributed by atoms with Crippen LogP contribution in [-0.4, -0.2) is 23.1 Å². The zero-order chi connectivity index (χ0) is 14.3. The Morgan fingerprint density at radius 1 is 1.21 bits per heavy atom. The first-order chi connectivity index (χ1) is 9.04. The van der Waals surface area contributed by atoms with Crippen molar-refractivity contribution in [2.45, 2.75) is 38.8 Å². The number of carboxylic acid groups (broad SMARTS) is 1. The Labute approximate surface area is 113 Å². The van der Waals surface area contributed by atoms with Crippen LogP contribution in [0.3, 0.4) is 0 Å². The van der Waals surface area contributed by atoms with Crippen molar-refractivity contribution >= 4 is 12.0 Å². The second-order valence-electron chi connectivity index (χ2n) is 4.49. The van der Waals surface area contributed by atoms with E-state index in [1.165, 1.54) is 0 Å². The van der Waals surface area contributed by atoms with Crippen LogP contribution < -0.4 is 10.6 Å². The minimum atomic E-state index is -1.08. The maximum absolute atomic E-state index is 11.7. The van der Waals surface area contributed by atoms with Crippen LogP contribution in [0.4, 0.5) is 4.79 Å². The SMILES string of the molecule is CCCC(C)NC(=O)NC(C(=O)O)c1ccccc1. The molecule has 1 rings (SSSR count). The molecule has 0 bridgehead atoms. The van der Waals surface area contributed by atoms with Gasteiger partial charge in [0.25, 0.3) is 0 Å². The molecule has 3 N–H and O–H groups in total. The van der Waals surface area contributed by atoms with E-state index in [0.717, 1.165) is 12.8 Å². The number of aliphatic carboxylic acids is 1. The number of nitrogens with one attached hydrogen (secondary N) is 2. The normalized spacial score (nSPS) is 13.4. The average molecular weight is 264 g/mol. The highest BCUT2D eigenvalue weighted by Gasteiger charge is 2.22. The quantitative estimate of drug-likeness (QED) is 0.737. The van der Waals surface area contributed by atoms with Crippen molar-refractivity contribution < 1.29 is 14.7 Å². The Morgan fingerprint density at radius 2 is 1.84 bits per heavy atom. The number of carbonyl (C=O) groups excluding carboxylic acids is 1. The fourth-order valence-electron chi connectivity index (χ4n) is 1.83. The van der Waals surface area contributed by atoms with Crippen LogP contribution in [0.2, 0.25) is 0 Å². The smallest absolute Gasteiger partial charge is 0.330 e. The Morgan fingerprint density at radius 3 is 2.37 bits per heavy atom. The number of carbonyl (C=O) groups is 2. The van der Waals surface area contributed by atoms with Crippen LogP contribution >= 0.6 is 0 Å². The van der Waals surface area contributed by atoms with E-state index in [1.54, 1.807) is 30.3 Å². The third-order valence-electron chi connectivity index (χ3n) is 2.75. The molecular formula is C14H20N2O3. The molecule has 0 aliphatic heterocycles. The molecule has 2 unspecified atom stereocenters. The summed E-state index contributed by atoms with van der Waals surface area (Å²) >= 11 is 0. The van der Waals surface area contributed by atoms with Gasteiger partial charge in [-0.15, -0.1) is 0 Å². The van der Waals surface area contributed by atoms with Gasteiger partial charge in [0.05, 0.1) is 0 Å². The van der Waals surface area contributed by atoms with E-state index in [1.807, 2.05) is 13.8 Å². The second-order valence-corrected chi connectivity index (χ2v) is 4.49. The molecule has 104 valence electrons. The molecule has 0 aliphatic rings. The number of urea groups is 1. The lowest BCUT2D eigenvalue weighted by molar-refractivity contribution is -0.139. The zero-order valence-corrected chi connectivity index (χ0v) is 11.2. The molecule has 2 amide bonds. The van der Waals surface area contributed by atoms with Crippen LogP contribution in [0.25, 0.3) is 0 Å². The molecule has 0 spiro atoms. The summed E-state index contributed by atoms with van der Waals surface area (Å²) in [5, 5.41) is 14.4. The summed E-state index contributed by atoms with van der Waals surface area (Å²) in [5.41, 5.74) is 0.549. The number of hydrogen-bond donors (Lipinski definition) is 3. The maximum Gasteiger partial charge on any atom is 0.330 e. The third kappa shape index (κ3) is 4.99. The lowest BCUT2D eigenvalue weighted by Gasteiger charge is -2.18. The molecular weight excluding hydrogens is 244 g/mol. The predicted octanol–water partition coefficient (Wildman–Crippen LogP) is 2.30. The van der Waals surface area contributed by atoms with E-state index < -0.39 is 18.0 Å². The van der Waals surface area contributed by atoms with Crippen LogP contribution in [0.5, 0.6) is 0 Å². The summed E-state index contributed by atoms with van der Waals surface area (Å²) in [6.07, 6.45) is 1.82. The maximum atomic E-state index is 11.7. The molecule has 0 fully saturated rings. The first-order valence-electron chi connectivity index (χ1n) is 6.39. The lowest BCUT2D eigenvalue weighted by Crippen LogP contribution is -2.44. The Hall–Kier alpha value is -2.04. The van der Waals surface area contributed by atoms with Gasteiger partial charge in [0.15, 0.2) is 6.04 Å². The van der Waals surface area contributed by atoms with Crippen LogP contribution in [0.1, 0.15) is 38.3 Å². The zero-order valence-electron chi connectivity index (χ0n) is 11.2. The molecule has 5 heteroatoms. The van der Waals surface area contributed by atoms with Crippen molar-refractivity contribution in [3.05, 3.63) is 35.9 Å². The Balaban J connectivity index is 2.65. The molecule has 0 aromatic heterocycles. The minimum Gasteiger partial charge on any atom is -0.479 e. The summed E-state index contributed by atoms with van der Waals surface area (Å²) in [6, 6.07) is 7.16. The van der Waals surface area contributed by atoms with Gasteiger partial charge in [0.2, 0.25) is 0 Å². The predicted molar refractivity (Wildman–Crippen MR) is 72.9 cm³/mol. The molecule has 19 heavy (non-hydrogen) atoms. The van der Waals surface area contributed by atoms with E-state index in [9.17, 15) is 14.7 Å². The van der Waals surface area contributed by atoms with Crippen molar-refractivity contribution in [1.29, 1.82) is 0 Å². The van der Waals surface area contributed by atoms with Crippen molar-refractivity contribution in [2.24, 2.45) is 0 Å². The third-order valence-corrected chi connectivity index (χ3v) is 2.75. The lowest BCUT2D eigenvalue weighted by atomic mass is 10.1. The average Bonchev–Trinajstić information content (AvgIpc) is 2.37. The van der Waals surface area contributed by atoms with Crippen molar-refractivity contribution in [1.82, 2.24) is 10.6 Å². The molecule has 0 saturated carbocycles. The number of amides is 2. The first kappa shape index (κ1) is 15.0. The van der Waals surface area contributed by atoms with E-state index in [4.69, 9.17) is 0 Å². The van der Waals surface area contributed by atoms with Crippen molar-refractivity contribution in [2.75, 3.05) is 0 Å². The molecule has 1 aromatic carbocycles. The fourth-order valence-corrected chi connectivity index (χ4v) is 1.83. The highest BCUT2D eigenvalue weighted by Crippen LogP contribution is 2.12. The van der Waals surface area contributed by atoms with Crippen LogP contribution in [0, 0.1) is 0 Å². The second kappa shape index (κ2) is 7.41. The number of rotatable bonds is 6. The van der Waals surface area contributed by atoms with Gasteiger partial charge in [-0.2, -0.15) is 0 Å². The van der Waals surface area contributed by atoms with Gasteiger partial charge in [0, 0.05) is 6.04 Å². The van der Waals surface area contributed by atoms with Gasteiger partial charge in [-0.05, 0) is 18.9 Å². The molecule has 0 radical (unpaired) electrons. The molecule has 0 saturated heterocycles. The molecule has 0 heterocycles. The van der Waals surface area contributed by atoms with Gasteiger partial charge in [-0.3, -0.25) is 0 Å². The van der Waals surface area contributed by atoms with Gasteiger partial charge in [-0.25, -0.2) is 9.59 Å². The Bertz CT molecular complexity index is 420. The van der Waals surface area contributed by atoms with E-state index in [2.05, 4.69) is 10.6 Å². The number of benzene rings is 1. The summed E-state index contributed by atoms with van der Waals surface area (Å²) < 4.78 is 0. The van der Waals surface area contributed by atoms with Crippen molar-refractivity contribution in [3.8, 4) is 0 Å². The van der Waals surface area contributed by atoms with Crippen LogP contribution in [-0.2, 0) is 4.79 Å². The summed E-state index contributed by atoms with van der Waals surface area (Å²) in [5.74, 6) is -1.08. The number of hydrogen-bond acceptors (Lipinski definition) is 2. The van der Waals surface area contributed by atoms with Gasteiger partial charge < -0.3 is 15.7 Å². The molecule has 1 aromatic rings. The van der Waals surface area contributed by atoms with Gasteiger partial charge >= 0.3 is 12.0 Å².